The van der Waals surface area contributed by atoms with Gasteiger partial charge >= 0.3 is 0 Å². The molecule has 2 heterocycles. The summed E-state index contributed by atoms with van der Waals surface area (Å²) in [5, 5.41) is 2.86. The van der Waals surface area contributed by atoms with Crippen molar-refractivity contribution in [2.45, 2.75) is 26.7 Å². The second-order valence-electron chi connectivity index (χ2n) is 6.48. The zero-order valence-electron chi connectivity index (χ0n) is 14.9. The number of amides is 1. The van der Waals surface area contributed by atoms with E-state index in [9.17, 15) is 4.79 Å². The summed E-state index contributed by atoms with van der Waals surface area (Å²) in [6.07, 6.45) is 4.21. The van der Waals surface area contributed by atoms with Gasteiger partial charge in [-0.1, -0.05) is 6.92 Å². The van der Waals surface area contributed by atoms with Crippen LogP contribution in [0.1, 0.15) is 37.2 Å². The standard InChI is InChI=1S/C20H25N3O2/c1-3-25-18-7-4-16(5-8-18)22-20(24)19-9-6-17(14-21-19)23-12-10-15(2)11-13-23/h4-9,14-15H,3,10-13H2,1-2H3,(H,22,24). The molecule has 0 bridgehead atoms. The number of carbonyl (C=O) groups is 1. The number of aromatic nitrogens is 1. The molecule has 0 spiro atoms. The molecule has 25 heavy (non-hydrogen) atoms. The maximum Gasteiger partial charge on any atom is 0.274 e. The Kier molecular flexibility index (Phi) is 5.53. The van der Waals surface area contributed by atoms with Crippen molar-refractivity contribution in [3.8, 4) is 5.75 Å². The number of rotatable bonds is 5. The summed E-state index contributed by atoms with van der Waals surface area (Å²) in [7, 11) is 0. The lowest BCUT2D eigenvalue weighted by molar-refractivity contribution is 0.102. The third kappa shape index (κ3) is 4.50. The van der Waals surface area contributed by atoms with Gasteiger partial charge in [0, 0.05) is 18.8 Å². The molecule has 1 aromatic heterocycles. The van der Waals surface area contributed by atoms with Crippen molar-refractivity contribution in [1.29, 1.82) is 0 Å². The average molecular weight is 339 g/mol. The van der Waals surface area contributed by atoms with Crippen LogP contribution in [0.3, 0.4) is 0 Å². The van der Waals surface area contributed by atoms with Crippen LogP contribution in [-0.2, 0) is 0 Å². The van der Waals surface area contributed by atoms with E-state index in [0.29, 0.717) is 12.3 Å². The predicted octanol–water partition coefficient (Wildman–Crippen LogP) is 3.97. The van der Waals surface area contributed by atoms with Crippen molar-refractivity contribution in [2.75, 3.05) is 29.9 Å². The minimum absolute atomic E-state index is 0.206. The molecule has 1 aromatic carbocycles. The highest BCUT2D eigenvalue weighted by Crippen LogP contribution is 2.22. The van der Waals surface area contributed by atoms with Gasteiger partial charge in [0.15, 0.2) is 0 Å². The van der Waals surface area contributed by atoms with Gasteiger partial charge in [-0.25, -0.2) is 4.98 Å². The van der Waals surface area contributed by atoms with E-state index in [1.807, 2.05) is 37.3 Å². The second-order valence-corrected chi connectivity index (χ2v) is 6.48. The molecule has 0 atom stereocenters. The first-order valence-electron chi connectivity index (χ1n) is 8.91. The number of benzene rings is 1. The van der Waals surface area contributed by atoms with Crippen LogP contribution >= 0.6 is 0 Å². The third-order valence-electron chi connectivity index (χ3n) is 4.55. The summed E-state index contributed by atoms with van der Waals surface area (Å²) in [4.78, 5) is 19.0. The van der Waals surface area contributed by atoms with Gasteiger partial charge in [-0.2, -0.15) is 0 Å². The van der Waals surface area contributed by atoms with Gasteiger partial charge in [0.1, 0.15) is 11.4 Å². The van der Waals surface area contributed by atoms with Gasteiger partial charge in [0.25, 0.3) is 5.91 Å². The van der Waals surface area contributed by atoms with Crippen LogP contribution in [-0.4, -0.2) is 30.6 Å². The Morgan fingerprint density at radius 1 is 1.20 bits per heavy atom. The van der Waals surface area contributed by atoms with Gasteiger partial charge in [0.2, 0.25) is 0 Å². The number of hydrogen-bond acceptors (Lipinski definition) is 4. The lowest BCUT2D eigenvalue weighted by atomic mass is 9.99. The molecule has 0 saturated carbocycles. The molecule has 1 aliphatic rings. The van der Waals surface area contributed by atoms with Crippen LogP contribution in [0.2, 0.25) is 0 Å². The number of piperidine rings is 1. The maximum atomic E-state index is 12.3. The number of hydrogen-bond donors (Lipinski definition) is 1. The zero-order chi connectivity index (χ0) is 17.6. The summed E-state index contributed by atoms with van der Waals surface area (Å²) >= 11 is 0. The molecule has 2 aromatic rings. The maximum absolute atomic E-state index is 12.3. The molecule has 0 radical (unpaired) electrons. The highest BCUT2D eigenvalue weighted by atomic mass is 16.5. The largest absolute Gasteiger partial charge is 0.494 e. The molecule has 5 heteroatoms. The average Bonchev–Trinajstić information content (AvgIpc) is 2.64. The van der Waals surface area contributed by atoms with E-state index < -0.39 is 0 Å². The van der Waals surface area contributed by atoms with Gasteiger partial charge < -0.3 is 15.0 Å². The van der Waals surface area contributed by atoms with E-state index >= 15 is 0 Å². The van der Waals surface area contributed by atoms with Crippen LogP contribution in [0, 0.1) is 5.92 Å². The fourth-order valence-corrected chi connectivity index (χ4v) is 2.97. The van der Waals surface area contributed by atoms with Gasteiger partial charge in [-0.3, -0.25) is 4.79 Å². The first-order chi connectivity index (χ1) is 12.2. The SMILES string of the molecule is CCOc1ccc(NC(=O)c2ccc(N3CCC(C)CC3)cn2)cc1. The van der Waals surface area contributed by atoms with Crippen molar-refractivity contribution in [1.82, 2.24) is 4.98 Å². The molecule has 5 nitrogen and oxygen atoms in total. The summed E-state index contributed by atoms with van der Waals surface area (Å²) in [6, 6.07) is 11.1. The van der Waals surface area contributed by atoms with Gasteiger partial charge in [-0.05, 0) is 62.1 Å². The number of carbonyl (C=O) groups excluding carboxylic acids is 1. The highest BCUT2D eigenvalue weighted by molar-refractivity contribution is 6.02. The minimum atomic E-state index is -0.206. The monoisotopic (exact) mass is 339 g/mol. The Morgan fingerprint density at radius 2 is 1.92 bits per heavy atom. The highest BCUT2D eigenvalue weighted by Gasteiger charge is 2.17. The van der Waals surface area contributed by atoms with E-state index in [1.54, 1.807) is 12.3 Å². The Balaban J connectivity index is 1.60. The molecule has 132 valence electrons. The Bertz CT molecular complexity index is 690. The summed E-state index contributed by atoms with van der Waals surface area (Å²) in [5.41, 5.74) is 2.23. The summed E-state index contributed by atoms with van der Waals surface area (Å²) in [6.45, 7) is 6.97. The molecule has 1 fully saturated rings. The second kappa shape index (κ2) is 8.01. The number of anilines is 2. The van der Waals surface area contributed by atoms with Crippen LogP contribution in [0.25, 0.3) is 0 Å². The van der Waals surface area contributed by atoms with E-state index in [-0.39, 0.29) is 5.91 Å². The van der Waals surface area contributed by atoms with Crippen molar-refractivity contribution < 1.29 is 9.53 Å². The molecular formula is C20H25N3O2. The molecule has 3 rings (SSSR count). The number of ether oxygens (including phenoxy) is 1. The topological polar surface area (TPSA) is 54.5 Å². The van der Waals surface area contributed by atoms with Crippen molar-refractivity contribution in [3.05, 3.63) is 48.3 Å². The van der Waals surface area contributed by atoms with Gasteiger partial charge in [-0.15, -0.1) is 0 Å². The quantitative estimate of drug-likeness (QED) is 0.895. The normalized spacial score (nSPS) is 15.0. The van der Waals surface area contributed by atoms with E-state index in [2.05, 4.69) is 22.1 Å². The lowest BCUT2D eigenvalue weighted by Crippen LogP contribution is -2.32. The van der Waals surface area contributed by atoms with Crippen molar-refractivity contribution in [2.24, 2.45) is 5.92 Å². The zero-order valence-corrected chi connectivity index (χ0v) is 14.9. The smallest absolute Gasteiger partial charge is 0.274 e. The van der Waals surface area contributed by atoms with Crippen LogP contribution < -0.4 is 15.0 Å². The Hall–Kier alpha value is -2.56. The van der Waals surface area contributed by atoms with E-state index in [4.69, 9.17) is 4.74 Å². The minimum Gasteiger partial charge on any atom is -0.494 e. The molecule has 1 N–H and O–H groups in total. The van der Waals surface area contributed by atoms with Crippen molar-refractivity contribution >= 4 is 17.3 Å². The fourth-order valence-electron chi connectivity index (χ4n) is 2.97. The summed E-state index contributed by atoms with van der Waals surface area (Å²) in [5.74, 6) is 1.38. The van der Waals surface area contributed by atoms with Crippen LogP contribution in [0.5, 0.6) is 5.75 Å². The molecule has 0 aliphatic carbocycles. The predicted molar refractivity (Wildman–Crippen MR) is 100 cm³/mol. The summed E-state index contributed by atoms with van der Waals surface area (Å²) < 4.78 is 5.40. The first kappa shape index (κ1) is 17.3. The molecule has 1 amide bonds. The lowest BCUT2D eigenvalue weighted by Gasteiger charge is -2.31. The van der Waals surface area contributed by atoms with Crippen molar-refractivity contribution in [3.63, 3.8) is 0 Å². The van der Waals surface area contributed by atoms with Crippen LogP contribution in [0.4, 0.5) is 11.4 Å². The number of pyridine rings is 1. The fraction of sp³-hybridized carbons (Fsp3) is 0.400. The van der Waals surface area contributed by atoms with E-state index in [1.165, 1.54) is 12.8 Å². The van der Waals surface area contributed by atoms with Gasteiger partial charge in [0.05, 0.1) is 18.5 Å². The van der Waals surface area contributed by atoms with Crippen LogP contribution in [0.15, 0.2) is 42.6 Å². The third-order valence-corrected chi connectivity index (χ3v) is 4.55. The Labute approximate surface area is 149 Å². The molecule has 1 saturated heterocycles. The first-order valence-corrected chi connectivity index (χ1v) is 8.91. The number of nitrogens with zero attached hydrogens (tertiary/aromatic N) is 2. The Morgan fingerprint density at radius 3 is 2.52 bits per heavy atom. The number of nitrogens with one attached hydrogen (secondary N) is 1. The molecule has 0 unspecified atom stereocenters. The molecular weight excluding hydrogens is 314 g/mol. The molecule has 1 aliphatic heterocycles. The van der Waals surface area contributed by atoms with E-state index in [0.717, 1.165) is 36.1 Å².